The van der Waals surface area contributed by atoms with E-state index in [1.807, 2.05) is 37.3 Å². The fourth-order valence-electron chi connectivity index (χ4n) is 1.83. The monoisotopic (exact) mass is 289 g/mol. The van der Waals surface area contributed by atoms with Crippen LogP contribution in [0.3, 0.4) is 0 Å². The van der Waals surface area contributed by atoms with Gasteiger partial charge in [0.15, 0.2) is 0 Å². The molecule has 0 saturated heterocycles. The number of carbonyl (C=O) groups excluding carboxylic acids is 1. The molecule has 2 rings (SSSR count). The predicted octanol–water partition coefficient (Wildman–Crippen LogP) is 3.92. The zero-order chi connectivity index (χ0) is 14.4. The summed E-state index contributed by atoms with van der Waals surface area (Å²) in [5, 5.41) is 3.42. The van der Waals surface area contributed by atoms with Gasteiger partial charge in [0.1, 0.15) is 5.75 Å². The topological polar surface area (TPSA) is 38.3 Å². The largest absolute Gasteiger partial charge is 0.494 e. The lowest BCUT2D eigenvalue weighted by molar-refractivity contribution is -0.115. The van der Waals surface area contributed by atoms with Crippen molar-refractivity contribution in [3.8, 4) is 5.75 Å². The normalized spacial score (nSPS) is 10.1. The molecule has 0 fully saturated rings. The van der Waals surface area contributed by atoms with E-state index in [1.54, 1.807) is 18.2 Å². The maximum atomic E-state index is 11.9. The van der Waals surface area contributed by atoms with Gasteiger partial charge in [-0.1, -0.05) is 29.8 Å². The molecule has 2 aromatic rings. The van der Waals surface area contributed by atoms with Gasteiger partial charge in [0.25, 0.3) is 0 Å². The van der Waals surface area contributed by atoms with Gasteiger partial charge < -0.3 is 10.1 Å². The van der Waals surface area contributed by atoms with Crippen molar-refractivity contribution in [1.82, 2.24) is 0 Å². The van der Waals surface area contributed by atoms with E-state index in [-0.39, 0.29) is 5.91 Å². The summed E-state index contributed by atoms with van der Waals surface area (Å²) in [6.45, 7) is 2.57. The third kappa shape index (κ3) is 4.28. The van der Waals surface area contributed by atoms with E-state index in [9.17, 15) is 4.79 Å². The average Bonchev–Trinajstić information content (AvgIpc) is 2.41. The number of ether oxygens (including phenoxy) is 1. The number of benzene rings is 2. The molecule has 0 radical (unpaired) electrons. The van der Waals surface area contributed by atoms with Crippen LogP contribution in [0.4, 0.5) is 5.69 Å². The Morgan fingerprint density at radius 1 is 1.20 bits per heavy atom. The van der Waals surface area contributed by atoms with Crippen molar-refractivity contribution < 1.29 is 9.53 Å². The maximum absolute atomic E-state index is 11.9. The summed E-state index contributed by atoms with van der Waals surface area (Å²) in [4.78, 5) is 11.9. The van der Waals surface area contributed by atoms with Gasteiger partial charge in [0.2, 0.25) is 5.91 Å². The lowest BCUT2D eigenvalue weighted by atomic mass is 10.1. The lowest BCUT2D eigenvalue weighted by Crippen LogP contribution is -2.14. The molecule has 20 heavy (non-hydrogen) atoms. The van der Waals surface area contributed by atoms with E-state index in [1.165, 1.54) is 0 Å². The highest BCUT2D eigenvalue weighted by molar-refractivity contribution is 6.30. The van der Waals surface area contributed by atoms with Crippen LogP contribution in [-0.2, 0) is 11.2 Å². The molecular formula is C16H16ClNO2. The quantitative estimate of drug-likeness (QED) is 0.906. The third-order valence-electron chi connectivity index (χ3n) is 2.71. The first kappa shape index (κ1) is 14.4. The summed E-state index contributed by atoms with van der Waals surface area (Å²) in [6, 6.07) is 14.6. The van der Waals surface area contributed by atoms with Gasteiger partial charge in [-0.15, -0.1) is 0 Å². The van der Waals surface area contributed by atoms with Crippen LogP contribution in [0.1, 0.15) is 12.5 Å². The number of halogens is 1. The van der Waals surface area contributed by atoms with Gasteiger partial charge in [-0.3, -0.25) is 4.79 Å². The lowest BCUT2D eigenvalue weighted by Gasteiger charge is -2.07. The van der Waals surface area contributed by atoms with Crippen LogP contribution in [0.25, 0.3) is 0 Å². The molecule has 2 aromatic carbocycles. The Kier molecular flexibility index (Phi) is 5.02. The number of amides is 1. The highest BCUT2D eigenvalue weighted by Crippen LogP contribution is 2.16. The molecule has 0 aromatic heterocycles. The molecule has 0 atom stereocenters. The zero-order valence-electron chi connectivity index (χ0n) is 11.2. The van der Waals surface area contributed by atoms with Gasteiger partial charge in [-0.25, -0.2) is 0 Å². The standard InChI is InChI=1S/C16H16ClNO2/c1-2-20-15-8-6-12(7-9-15)10-16(19)18-14-5-3-4-13(17)11-14/h3-9,11H,2,10H2,1H3,(H,18,19). The van der Waals surface area contributed by atoms with Crippen molar-refractivity contribution in [3.63, 3.8) is 0 Å². The van der Waals surface area contributed by atoms with E-state index in [4.69, 9.17) is 16.3 Å². The highest BCUT2D eigenvalue weighted by Gasteiger charge is 2.04. The molecule has 1 amide bonds. The van der Waals surface area contributed by atoms with Crippen LogP contribution in [0.2, 0.25) is 5.02 Å². The SMILES string of the molecule is CCOc1ccc(CC(=O)Nc2cccc(Cl)c2)cc1. The first-order valence-electron chi connectivity index (χ1n) is 6.44. The van der Waals surface area contributed by atoms with Crippen molar-refractivity contribution in [2.24, 2.45) is 0 Å². The molecule has 0 aliphatic heterocycles. The van der Waals surface area contributed by atoms with Crippen LogP contribution in [0, 0.1) is 0 Å². The number of nitrogens with one attached hydrogen (secondary N) is 1. The Labute approximate surface area is 123 Å². The fraction of sp³-hybridized carbons (Fsp3) is 0.188. The summed E-state index contributed by atoms with van der Waals surface area (Å²) in [7, 11) is 0. The molecule has 0 heterocycles. The number of rotatable bonds is 5. The van der Waals surface area contributed by atoms with E-state index in [2.05, 4.69) is 5.32 Å². The van der Waals surface area contributed by atoms with Crippen LogP contribution in [0.15, 0.2) is 48.5 Å². The number of anilines is 1. The summed E-state index contributed by atoms with van der Waals surface area (Å²) >= 11 is 5.87. The highest BCUT2D eigenvalue weighted by atomic mass is 35.5. The van der Waals surface area contributed by atoms with Crippen molar-refractivity contribution >= 4 is 23.2 Å². The summed E-state index contributed by atoms with van der Waals surface area (Å²) in [5.41, 5.74) is 1.64. The molecule has 0 saturated carbocycles. The molecule has 1 N–H and O–H groups in total. The Hall–Kier alpha value is -2.00. The van der Waals surface area contributed by atoms with Gasteiger partial charge in [0.05, 0.1) is 13.0 Å². The summed E-state index contributed by atoms with van der Waals surface area (Å²) in [5.74, 6) is 0.739. The van der Waals surface area contributed by atoms with E-state index >= 15 is 0 Å². The van der Waals surface area contributed by atoms with Crippen molar-refractivity contribution in [2.45, 2.75) is 13.3 Å². The molecule has 0 bridgehead atoms. The van der Waals surface area contributed by atoms with Gasteiger partial charge >= 0.3 is 0 Å². The molecule has 104 valence electrons. The van der Waals surface area contributed by atoms with E-state index in [0.29, 0.717) is 23.7 Å². The molecule has 0 aliphatic carbocycles. The fourth-order valence-corrected chi connectivity index (χ4v) is 2.02. The van der Waals surface area contributed by atoms with Crippen LogP contribution >= 0.6 is 11.6 Å². The zero-order valence-corrected chi connectivity index (χ0v) is 12.0. The van der Waals surface area contributed by atoms with Crippen molar-refractivity contribution in [3.05, 3.63) is 59.1 Å². The summed E-state index contributed by atoms with van der Waals surface area (Å²) in [6.07, 6.45) is 0.318. The minimum atomic E-state index is -0.0728. The first-order chi connectivity index (χ1) is 9.67. The van der Waals surface area contributed by atoms with E-state index in [0.717, 1.165) is 11.3 Å². The van der Waals surface area contributed by atoms with Crippen molar-refractivity contribution in [1.29, 1.82) is 0 Å². The minimum absolute atomic E-state index is 0.0728. The molecule has 0 unspecified atom stereocenters. The van der Waals surface area contributed by atoms with Gasteiger partial charge in [-0.2, -0.15) is 0 Å². The molecule has 4 heteroatoms. The third-order valence-corrected chi connectivity index (χ3v) is 2.94. The number of hydrogen-bond acceptors (Lipinski definition) is 2. The van der Waals surface area contributed by atoms with Crippen LogP contribution in [-0.4, -0.2) is 12.5 Å². The summed E-state index contributed by atoms with van der Waals surface area (Å²) < 4.78 is 5.36. The smallest absolute Gasteiger partial charge is 0.228 e. The Morgan fingerprint density at radius 2 is 1.95 bits per heavy atom. The Balaban J connectivity index is 1.94. The molecule has 0 aliphatic rings. The van der Waals surface area contributed by atoms with Crippen LogP contribution in [0.5, 0.6) is 5.75 Å². The molecule has 3 nitrogen and oxygen atoms in total. The minimum Gasteiger partial charge on any atom is -0.494 e. The van der Waals surface area contributed by atoms with E-state index < -0.39 is 0 Å². The van der Waals surface area contributed by atoms with Gasteiger partial charge in [0, 0.05) is 10.7 Å². The van der Waals surface area contributed by atoms with Crippen molar-refractivity contribution in [2.75, 3.05) is 11.9 Å². The molecule has 0 spiro atoms. The second kappa shape index (κ2) is 6.96. The Morgan fingerprint density at radius 3 is 2.60 bits per heavy atom. The number of carbonyl (C=O) groups is 1. The van der Waals surface area contributed by atoms with Gasteiger partial charge in [-0.05, 0) is 42.8 Å². The Bertz CT molecular complexity index is 581. The maximum Gasteiger partial charge on any atom is 0.228 e. The first-order valence-corrected chi connectivity index (χ1v) is 6.82. The average molecular weight is 290 g/mol. The predicted molar refractivity (Wildman–Crippen MR) is 81.4 cm³/mol. The second-order valence-electron chi connectivity index (χ2n) is 4.31. The van der Waals surface area contributed by atoms with Crippen LogP contribution < -0.4 is 10.1 Å². The molecular weight excluding hydrogens is 274 g/mol. The number of hydrogen-bond donors (Lipinski definition) is 1. The second-order valence-corrected chi connectivity index (χ2v) is 4.75.